The van der Waals surface area contributed by atoms with Crippen LogP contribution in [0.2, 0.25) is 0 Å². The van der Waals surface area contributed by atoms with E-state index < -0.39 is 10.0 Å². The van der Waals surface area contributed by atoms with Gasteiger partial charge in [-0.25, -0.2) is 8.42 Å². The first-order chi connectivity index (χ1) is 13.4. The predicted octanol–water partition coefficient (Wildman–Crippen LogP) is 3.90. The Balaban J connectivity index is 1.88. The molecule has 0 bridgehead atoms. The number of rotatable bonds is 7. The number of pyridine rings is 1. The lowest BCUT2D eigenvalue weighted by molar-refractivity contribution is 0.103. The fourth-order valence-electron chi connectivity index (χ4n) is 2.59. The van der Waals surface area contributed by atoms with Crippen LogP contribution in [0.25, 0.3) is 0 Å². The second kappa shape index (κ2) is 8.22. The Morgan fingerprint density at radius 3 is 2.32 bits per heavy atom. The van der Waals surface area contributed by atoms with Crippen LogP contribution < -0.4 is 9.46 Å². The zero-order valence-corrected chi connectivity index (χ0v) is 16.3. The number of carbonyl (C=O) groups is 1. The number of ketones is 1. The summed E-state index contributed by atoms with van der Waals surface area (Å²) in [4.78, 5) is 16.8. The quantitative estimate of drug-likeness (QED) is 0.612. The summed E-state index contributed by atoms with van der Waals surface area (Å²) in [6, 6.07) is 16.2. The monoisotopic (exact) mass is 396 g/mol. The Hall–Kier alpha value is -3.19. The number of aromatic nitrogens is 1. The minimum Gasteiger partial charge on any atom is -0.491 e. The van der Waals surface area contributed by atoms with Gasteiger partial charge in [0.15, 0.2) is 5.78 Å². The smallest absolute Gasteiger partial charge is 0.261 e. The molecule has 0 radical (unpaired) electrons. The van der Waals surface area contributed by atoms with Gasteiger partial charge in [-0.1, -0.05) is 30.3 Å². The Kier molecular flexibility index (Phi) is 5.75. The van der Waals surface area contributed by atoms with Gasteiger partial charge in [-0.3, -0.25) is 14.5 Å². The topological polar surface area (TPSA) is 85.4 Å². The van der Waals surface area contributed by atoms with Crippen LogP contribution in [0.3, 0.4) is 0 Å². The largest absolute Gasteiger partial charge is 0.491 e. The third-order valence-electron chi connectivity index (χ3n) is 3.85. The van der Waals surface area contributed by atoms with E-state index in [2.05, 4.69) is 9.71 Å². The first kappa shape index (κ1) is 19.6. The number of benzene rings is 2. The Morgan fingerprint density at radius 1 is 1.00 bits per heavy atom. The summed E-state index contributed by atoms with van der Waals surface area (Å²) in [5.74, 6) is 0.289. The van der Waals surface area contributed by atoms with Gasteiger partial charge >= 0.3 is 0 Å². The fraction of sp³-hybridized carbons (Fsp3) is 0.143. The first-order valence-corrected chi connectivity index (χ1v) is 10.2. The van der Waals surface area contributed by atoms with Crippen LogP contribution in [-0.2, 0) is 10.0 Å². The number of carbonyl (C=O) groups excluding carboxylic acids is 1. The second-order valence-electron chi connectivity index (χ2n) is 6.36. The standard InChI is InChI=1S/C21H20N2O4S/c1-15(2)27-17-8-10-18(11-9-17)28(25,26)23-20-14-22-13-12-19(20)21(24)16-6-4-3-5-7-16/h3-15,23H,1-2H3. The lowest BCUT2D eigenvalue weighted by atomic mass is 10.0. The number of ether oxygens (including phenoxy) is 1. The van der Waals surface area contributed by atoms with Crippen molar-refractivity contribution in [2.75, 3.05) is 4.72 Å². The van der Waals surface area contributed by atoms with Gasteiger partial charge in [0.25, 0.3) is 10.0 Å². The molecule has 0 atom stereocenters. The summed E-state index contributed by atoms with van der Waals surface area (Å²) in [6.45, 7) is 3.78. The van der Waals surface area contributed by atoms with E-state index in [1.54, 1.807) is 42.5 Å². The zero-order valence-electron chi connectivity index (χ0n) is 15.5. The molecular weight excluding hydrogens is 376 g/mol. The molecule has 6 nitrogen and oxygen atoms in total. The van der Waals surface area contributed by atoms with Crippen LogP contribution in [-0.4, -0.2) is 25.3 Å². The lowest BCUT2D eigenvalue weighted by Crippen LogP contribution is -2.16. The van der Waals surface area contributed by atoms with Crippen LogP contribution >= 0.6 is 0 Å². The normalized spacial score (nSPS) is 11.2. The summed E-state index contributed by atoms with van der Waals surface area (Å²) in [5.41, 5.74) is 0.813. The van der Waals surface area contributed by atoms with Gasteiger partial charge in [0.2, 0.25) is 0 Å². The molecule has 0 saturated heterocycles. The van der Waals surface area contributed by atoms with Gasteiger partial charge in [0.1, 0.15) is 5.75 Å². The summed E-state index contributed by atoms with van der Waals surface area (Å²) in [6.07, 6.45) is 2.76. The van der Waals surface area contributed by atoms with E-state index in [0.29, 0.717) is 11.3 Å². The van der Waals surface area contributed by atoms with Crippen molar-refractivity contribution >= 4 is 21.5 Å². The molecule has 0 unspecified atom stereocenters. The summed E-state index contributed by atoms with van der Waals surface area (Å²) in [7, 11) is -3.89. The third-order valence-corrected chi connectivity index (χ3v) is 5.23. The molecule has 7 heteroatoms. The van der Waals surface area contributed by atoms with Crippen molar-refractivity contribution < 1.29 is 17.9 Å². The van der Waals surface area contributed by atoms with Crippen molar-refractivity contribution in [2.45, 2.75) is 24.8 Å². The first-order valence-electron chi connectivity index (χ1n) is 8.70. The van der Waals surface area contributed by atoms with Crippen molar-refractivity contribution in [2.24, 2.45) is 0 Å². The van der Waals surface area contributed by atoms with E-state index in [1.807, 2.05) is 13.8 Å². The number of hydrogen-bond donors (Lipinski definition) is 1. The van der Waals surface area contributed by atoms with Gasteiger partial charge in [0.05, 0.1) is 22.9 Å². The maximum absolute atomic E-state index is 12.8. The maximum atomic E-state index is 12.8. The third kappa shape index (κ3) is 4.55. The molecule has 28 heavy (non-hydrogen) atoms. The van der Waals surface area contributed by atoms with E-state index in [0.717, 1.165) is 0 Å². The Labute approximate surface area is 164 Å². The average molecular weight is 396 g/mol. The molecule has 3 rings (SSSR count). The molecule has 0 fully saturated rings. The summed E-state index contributed by atoms with van der Waals surface area (Å²) < 4.78 is 33.5. The minimum atomic E-state index is -3.89. The number of nitrogens with one attached hydrogen (secondary N) is 1. The molecule has 1 heterocycles. The highest BCUT2D eigenvalue weighted by atomic mass is 32.2. The summed E-state index contributed by atoms with van der Waals surface area (Å²) >= 11 is 0. The molecule has 0 saturated carbocycles. The highest BCUT2D eigenvalue weighted by Gasteiger charge is 2.20. The van der Waals surface area contributed by atoms with Crippen LogP contribution in [0, 0.1) is 0 Å². The molecule has 0 aliphatic rings. The molecule has 1 N–H and O–H groups in total. The fourth-order valence-corrected chi connectivity index (χ4v) is 3.66. The second-order valence-corrected chi connectivity index (χ2v) is 8.04. The average Bonchev–Trinajstić information content (AvgIpc) is 2.68. The highest BCUT2D eigenvalue weighted by molar-refractivity contribution is 7.92. The molecule has 2 aromatic carbocycles. The van der Waals surface area contributed by atoms with Crippen LogP contribution in [0.15, 0.2) is 78.0 Å². The van der Waals surface area contributed by atoms with E-state index in [1.165, 1.54) is 30.6 Å². The predicted molar refractivity (Wildman–Crippen MR) is 107 cm³/mol. The van der Waals surface area contributed by atoms with E-state index in [-0.39, 0.29) is 28.0 Å². The van der Waals surface area contributed by atoms with Gasteiger partial charge in [-0.05, 0) is 44.2 Å². The number of nitrogens with zero attached hydrogens (tertiary/aromatic N) is 1. The number of anilines is 1. The van der Waals surface area contributed by atoms with Gasteiger partial charge < -0.3 is 4.74 Å². The van der Waals surface area contributed by atoms with Crippen molar-refractivity contribution in [3.8, 4) is 5.75 Å². The lowest BCUT2D eigenvalue weighted by Gasteiger charge is -2.13. The van der Waals surface area contributed by atoms with Crippen LogP contribution in [0.4, 0.5) is 5.69 Å². The van der Waals surface area contributed by atoms with E-state index in [9.17, 15) is 13.2 Å². The molecule has 0 aliphatic carbocycles. The van der Waals surface area contributed by atoms with Gasteiger partial charge in [-0.15, -0.1) is 0 Å². The molecule has 0 spiro atoms. The molecule has 3 aromatic rings. The SMILES string of the molecule is CC(C)Oc1ccc(S(=O)(=O)Nc2cnccc2C(=O)c2ccccc2)cc1. The van der Waals surface area contributed by atoms with Crippen molar-refractivity contribution in [1.29, 1.82) is 0 Å². The Bertz CT molecular complexity index is 1060. The highest BCUT2D eigenvalue weighted by Crippen LogP contribution is 2.23. The van der Waals surface area contributed by atoms with Crippen molar-refractivity contribution in [3.63, 3.8) is 0 Å². The molecule has 0 aliphatic heterocycles. The summed E-state index contributed by atoms with van der Waals surface area (Å²) in [5, 5.41) is 0. The number of sulfonamides is 1. The van der Waals surface area contributed by atoms with Gasteiger partial charge in [-0.2, -0.15) is 0 Å². The maximum Gasteiger partial charge on any atom is 0.261 e. The van der Waals surface area contributed by atoms with Crippen molar-refractivity contribution in [3.05, 3.63) is 84.2 Å². The minimum absolute atomic E-state index is 0.0115. The molecule has 1 aromatic heterocycles. The van der Waals surface area contributed by atoms with Crippen molar-refractivity contribution in [1.82, 2.24) is 4.98 Å². The van der Waals surface area contributed by atoms with E-state index in [4.69, 9.17) is 4.74 Å². The molecule has 144 valence electrons. The Morgan fingerprint density at radius 2 is 1.68 bits per heavy atom. The molecule has 0 amide bonds. The van der Waals surface area contributed by atoms with Gasteiger partial charge in [0, 0.05) is 17.3 Å². The zero-order chi connectivity index (χ0) is 20.1. The van der Waals surface area contributed by atoms with Crippen LogP contribution in [0.5, 0.6) is 5.75 Å². The number of hydrogen-bond acceptors (Lipinski definition) is 5. The molecular formula is C21H20N2O4S. The van der Waals surface area contributed by atoms with Crippen LogP contribution in [0.1, 0.15) is 29.8 Å². The van der Waals surface area contributed by atoms with E-state index >= 15 is 0 Å².